The van der Waals surface area contributed by atoms with Crippen LogP contribution in [0.3, 0.4) is 0 Å². The third-order valence-corrected chi connectivity index (χ3v) is 7.48. The number of benzene rings is 2. The molecule has 0 radical (unpaired) electrons. The maximum atomic E-state index is 15.1. The third-order valence-electron chi connectivity index (χ3n) is 7.25. The molecular weight excluding hydrogens is 487 g/mol. The summed E-state index contributed by atoms with van der Waals surface area (Å²) in [5.74, 6) is -1.08. The van der Waals surface area contributed by atoms with Gasteiger partial charge in [-0.1, -0.05) is 46.4 Å². The van der Waals surface area contributed by atoms with E-state index in [0.29, 0.717) is 41.1 Å². The van der Waals surface area contributed by atoms with E-state index in [2.05, 4.69) is 0 Å². The molecule has 3 atom stereocenters. The molecule has 1 saturated heterocycles. The number of hydrogen-bond donors (Lipinski definition) is 1. The molecule has 1 saturated carbocycles. The van der Waals surface area contributed by atoms with Gasteiger partial charge in [-0.3, -0.25) is 14.2 Å². The summed E-state index contributed by atoms with van der Waals surface area (Å²) in [6, 6.07) is 12.0. The third kappa shape index (κ3) is 4.22. The number of nitrogens with zero attached hydrogens (tertiary/aromatic N) is 3. The Balaban J connectivity index is 1.40. The molecule has 1 aromatic heterocycles. The number of primary amides is 1. The first kappa shape index (κ1) is 24.3. The zero-order chi connectivity index (χ0) is 25.6. The molecule has 188 valence electrons. The van der Waals surface area contributed by atoms with Crippen molar-refractivity contribution in [2.45, 2.75) is 37.9 Å². The lowest BCUT2D eigenvalue weighted by Gasteiger charge is -2.28. The number of piperidine rings is 1. The Kier molecular flexibility index (Phi) is 6.22. The van der Waals surface area contributed by atoms with Crippen LogP contribution < -0.4 is 5.73 Å². The monoisotopic (exact) mass is 512 g/mol. The van der Waals surface area contributed by atoms with E-state index < -0.39 is 18.0 Å². The quantitative estimate of drug-likeness (QED) is 0.488. The zero-order valence-corrected chi connectivity index (χ0v) is 20.5. The van der Waals surface area contributed by atoms with Crippen molar-refractivity contribution in [3.8, 4) is 0 Å². The van der Waals surface area contributed by atoms with Gasteiger partial charge in [-0.05, 0) is 42.2 Å². The van der Waals surface area contributed by atoms with Crippen LogP contribution >= 0.6 is 11.6 Å². The van der Waals surface area contributed by atoms with Crippen LogP contribution in [0.15, 0.2) is 54.7 Å². The first-order valence-electron chi connectivity index (χ1n) is 11.6. The highest BCUT2D eigenvalue weighted by molar-refractivity contribution is 6.30. The van der Waals surface area contributed by atoms with Crippen LogP contribution in [0.5, 0.6) is 0 Å². The number of rotatable bonds is 7. The van der Waals surface area contributed by atoms with Gasteiger partial charge in [0.1, 0.15) is 6.04 Å². The first-order chi connectivity index (χ1) is 17.2. The normalized spacial score (nSPS) is 22.5. The summed E-state index contributed by atoms with van der Waals surface area (Å²) in [6.07, 6.45) is 2.52. The Morgan fingerprint density at radius 2 is 1.97 bits per heavy atom. The molecule has 2 N–H and O–H groups in total. The molecule has 2 heterocycles. The van der Waals surface area contributed by atoms with Crippen molar-refractivity contribution in [3.05, 3.63) is 70.9 Å². The molecule has 5 rings (SSSR count). The smallest absolute Gasteiger partial charge is 0.323 e. The van der Waals surface area contributed by atoms with E-state index in [-0.39, 0.29) is 35.5 Å². The van der Waals surface area contributed by atoms with Crippen LogP contribution in [0, 0.1) is 5.41 Å². The second-order valence-electron chi connectivity index (χ2n) is 9.58. The number of likely N-dealkylation sites (tertiary alicyclic amines) is 1. The Bertz CT molecular complexity index is 1360. The maximum absolute atomic E-state index is 15.1. The molecule has 1 aliphatic heterocycles. The highest BCUT2D eigenvalue weighted by Crippen LogP contribution is 2.60. The summed E-state index contributed by atoms with van der Waals surface area (Å²) in [4.78, 5) is 40.3. The molecule has 1 aliphatic carbocycles. The van der Waals surface area contributed by atoms with E-state index in [0.717, 1.165) is 5.39 Å². The van der Waals surface area contributed by atoms with Gasteiger partial charge in [0, 0.05) is 35.2 Å². The molecule has 36 heavy (non-hydrogen) atoms. The minimum absolute atomic E-state index is 0.0509. The highest BCUT2D eigenvalue weighted by Gasteiger charge is 2.67. The van der Waals surface area contributed by atoms with Crippen LogP contribution in [0.1, 0.15) is 24.0 Å². The van der Waals surface area contributed by atoms with Gasteiger partial charge in [0.05, 0.1) is 25.1 Å². The molecule has 10 heteroatoms. The van der Waals surface area contributed by atoms with Gasteiger partial charge in [0.2, 0.25) is 5.91 Å². The predicted octanol–water partition coefficient (Wildman–Crippen LogP) is 3.68. The SMILES string of the molecule is COC[C@@]12C[C@@H](C(=O)N(F)Cc3cccc(Cl)c3)N(C(=O)Cc3cn(C(N)=O)c4ccccc34)[C@@H]1C2. The molecule has 3 amide bonds. The largest absolute Gasteiger partial charge is 0.384 e. The van der Waals surface area contributed by atoms with Crippen molar-refractivity contribution in [2.24, 2.45) is 11.1 Å². The van der Waals surface area contributed by atoms with Gasteiger partial charge in [-0.25, -0.2) is 4.79 Å². The molecular formula is C26H26ClFN4O4. The van der Waals surface area contributed by atoms with Crippen LogP contribution in [0.4, 0.5) is 9.28 Å². The number of hydrogen-bond acceptors (Lipinski definition) is 4. The van der Waals surface area contributed by atoms with Gasteiger partial charge in [-0.15, -0.1) is 0 Å². The Labute approximate surface area is 212 Å². The van der Waals surface area contributed by atoms with E-state index >= 15 is 4.48 Å². The summed E-state index contributed by atoms with van der Waals surface area (Å²) in [7, 11) is 1.57. The standard InChI is InChI=1S/C26H26ClFN4O4/c1-36-15-26-11-21(24(34)31(28)13-16-5-4-6-18(27)9-16)32(22(26)12-26)23(33)10-17-14-30(25(29)35)20-8-3-2-7-19(17)20/h2-9,14,21-22H,10-13,15H2,1H3,(H2,29,35)/t21-,22+,26-/m0/s1. The number of nitrogens with two attached hydrogens (primary N) is 1. The topological polar surface area (TPSA) is 97.9 Å². The molecule has 0 bridgehead atoms. The van der Waals surface area contributed by atoms with Crippen molar-refractivity contribution < 1.29 is 23.6 Å². The van der Waals surface area contributed by atoms with Gasteiger partial charge in [0.25, 0.3) is 5.91 Å². The maximum Gasteiger partial charge on any atom is 0.323 e. The zero-order valence-electron chi connectivity index (χ0n) is 19.7. The molecule has 8 nitrogen and oxygen atoms in total. The summed E-state index contributed by atoms with van der Waals surface area (Å²) in [6.45, 7) is 0.110. The lowest BCUT2D eigenvalue weighted by atomic mass is 10.00. The lowest BCUT2D eigenvalue weighted by molar-refractivity contribution is -0.157. The number of aromatic nitrogens is 1. The summed E-state index contributed by atoms with van der Waals surface area (Å²) >= 11 is 5.99. The molecule has 2 aromatic carbocycles. The van der Waals surface area contributed by atoms with Crippen molar-refractivity contribution >= 4 is 40.3 Å². The molecule has 0 unspecified atom stereocenters. The van der Waals surface area contributed by atoms with Crippen LogP contribution in [0.25, 0.3) is 10.9 Å². The van der Waals surface area contributed by atoms with Gasteiger partial charge in [-0.2, -0.15) is 5.12 Å². The number of fused-ring (bicyclic) bond motifs is 2. The fraction of sp³-hybridized carbons (Fsp3) is 0.346. The van der Waals surface area contributed by atoms with E-state index in [4.69, 9.17) is 22.1 Å². The number of amides is 3. The van der Waals surface area contributed by atoms with Crippen molar-refractivity contribution in [1.82, 2.24) is 14.6 Å². The first-order valence-corrected chi connectivity index (χ1v) is 12.0. The van der Waals surface area contributed by atoms with E-state index in [1.807, 2.05) is 12.1 Å². The van der Waals surface area contributed by atoms with E-state index in [1.54, 1.807) is 49.7 Å². The Morgan fingerprint density at radius 3 is 2.69 bits per heavy atom. The van der Waals surface area contributed by atoms with Gasteiger partial charge < -0.3 is 15.4 Å². The second-order valence-corrected chi connectivity index (χ2v) is 10.0. The van der Waals surface area contributed by atoms with Crippen molar-refractivity contribution in [3.63, 3.8) is 0 Å². The fourth-order valence-corrected chi connectivity index (χ4v) is 5.77. The van der Waals surface area contributed by atoms with Gasteiger partial charge in [0.15, 0.2) is 0 Å². The van der Waals surface area contributed by atoms with Crippen molar-refractivity contribution in [1.29, 1.82) is 0 Å². The summed E-state index contributed by atoms with van der Waals surface area (Å²) < 4.78 is 21.8. The van der Waals surface area contributed by atoms with Crippen LogP contribution in [-0.2, 0) is 27.3 Å². The Hall–Kier alpha value is -3.43. The highest BCUT2D eigenvalue weighted by atomic mass is 35.5. The minimum Gasteiger partial charge on any atom is -0.384 e. The summed E-state index contributed by atoms with van der Waals surface area (Å²) in [5.41, 5.74) is 6.90. The predicted molar refractivity (Wildman–Crippen MR) is 132 cm³/mol. The number of halogens is 2. The number of carbonyl (C=O) groups is 3. The fourth-order valence-electron chi connectivity index (χ4n) is 5.56. The minimum atomic E-state index is -0.944. The average Bonchev–Trinajstić information content (AvgIpc) is 3.25. The average molecular weight is 513 g/mol. The molecule has 2 fully saturated rings. The molecule has 3 aromatic rings. The second kappa shape index (κ2) is 9.22. The molecule has 0 spiro atoms. The van der Waals surface area contributed by atoms with Gasteiger partial charge >= 0.3 is 6.03 Å². The van der Waals surface area contributed by atoms with E-state index in [9.17, 15) is 14.4 Å². The van der Waals surface area contributed by atoms with Crippen LogP contribution in [0.2, 0.25) is 5.02 Å². The Morgan fingerprint density at radius 1 is 1.19 bits per heavy atom. The molecule has 2 aliphatic rings. The van der Waals surface area contributed by atoms with Crippen molar-refractivity contribution in [2.75, 3.05) is 13.7 Å². The van der Waals surface area contributed by atoms with Crippen LogP contribution in [-0.4, -0.2) is 58.2 Å². The number of carbonyl (C=O) groups excluding carboxylic acids is 3. The number of methoxy groups -OCH3 is 1. The summed E-state index contributed by atoms with van der Waals surface area (Å²) in [5, 5.41) is 1.32. The lowest BCUT2D eigenvalue weighted by Crippen LogP contribution is -2.47. The number of para-hydroxylation sites is 1. The van der Waals surface area contributed by atoms with E-state index in [1.165, 1.54) is 9.47 Å². The number of ether oxygens (including phenoxy) is 1.